The van der Waals surface area contributed by atoms with Crippen molar-refractivity contribution in [2.45, 2.75) is 19.9 Å². The Morgan fingerprint density at radius 2 is 2.21 bits per heavy atom. The molecule has 2 amide bonds. The standard InChI is InChI=1S/C19H16N4O4S/c1-12(24)22-8-7-15-16(10-20)19(28-17(15)11-22)21-18(25)6-5-13-3-2-4-14(9-13)23(26)27/h2-6,9H,7-8,11H2,1H3,(H,21,25)/b6-5+. The van der Waals surface area contributed by atoms with Crippen LogP contribution in [0.15, 0.2) is 30.3 Å². The number of carbonyl (C=O) groups excluding carboxylic acids is 2. The van der Waals surface area contributed by atoms with E-state index in [1.165, 1.54) is 48.6 Å². The van der Waals surface area contributed by atoms with Crippen molar-refractivity contribution in [1.82, 2.24) is 4.90 Å². The summed E-state index contributed by atoms with van der Waals surface area (Å²) in [6, 6.07) is 8.07. The Bertz CT molecular complexity index is 1040. The second-order valence-electron chi connectivity index (χ2n) is 6.18. The van der Waals surface area contributed by atoms with Crippen molar-refractivity contribution in [3.63, 3.8) is 0 Å². The smallest absolute Gasteiger partial charge is 0.270 e. The van der Waals surface area contributed by atoms with Crippen molar-refractivity contribution >= 4 is 39.9 Å². The fourth-order valence-corrected chi connectivity index (χ4v) is 4.16. The average molecular weight is 396 g/mol. The molecule has 3 rings (SSSR count). The quantitative estimate of drug-likeness (QED) is 0.484. The zero-order valence-electron chi connectivity index (χ0n) is 15.0. The minimum absolute atomic E-state index is 0.0250. The Labute approximate surface area is 164 Å². The Morgan fingerprint density at radius 1 is 1.43 bits per heavy atom. The molecule has 0 saturated carbocycles. The summed E-state index contributed by atoms with van der Waals surface area (Å²) in [7, 11) is 0. The molecule has 1 N–H and O–H groups in total. The van der Waals surface area contributed by atoms with Crippen molar-refractivity contribution in [2.24, 2.45) is 0 Å². The van der Waals surface area contributed by atoms with Crippen LogP contribution in [0, 0.1) is 21.4 Å². The highest BCUT2D eigenvalue weighted by Crippen LogP contribution is 2.36. The Hall–Kier alpha value is -3.51. The number of carbonyl (C=O) groups is 2. The van der Waals surface area contributed by atoms with Crippen molar-refractivity contribution in [3.05, 3.63) is 62.0 Å². The lowest BCUT2D eigenvalue weighted by Gasteiger charge is -2.25. The number of amides is 2. The number of hydrogen-bond acceptors (Lipinski definition) is 6. The first kappa shape index (κ1) is 19.3. The monoisotopic (exact) mass is 396 g/mol. The van der Waals surface area contributed by atoms with Gasteiger partial charge in [-0.05, 0) is 23.6 Å². The number of anilines is 1. The van der Waals surface area contributed by atoms with E-state index in [-0.39, 0.29) is 11.6 Å². The van der Waals surface area contributed by atoms with Crippen molar-refractivity contribution < 1.29 is 14.5 Å². The van der Waals surface area contributed by atoms with Gasteiger partial charge in [-0.2, -0.15) is 5.26 Å². The minimum atomic E-state index is -0.503. The number of benzene rings is 1. The summed E-state index contributed by atoms with van der Waals surface area (Å²) in [4.78, 5) is 36.7. The Morgan fingerprint density at radius 3 is 2.89 bits per heavy atom. The molecule has 1 aliphatic heterocycles. The molecule has 1 aliphatic rings. The zero-order valence-corrected chi connectivity index (χ0v) is 15.8. The second kappa shape index (κ2) is 8.02. The molecule has 0 radical (unpaired) electrons. The third-order valence-corrected chi connectivity index (χ3v) is 5.49. The van der Waals surface area contributed by atoms with E-state index in [1.807, 2.05) is 0 Å². The van der Waals surface area contributed by atoms with Gasteiger partial charge in [0.1, 0.15) is 11.1 Å². The van der Waals surface area contributed by atoms with Gasteiger partial charge in [0.2, 0.25) is 11.8 Å². The van der Waals surface area contributed by atoms with E-state index in [0.717, 1.165) is 10.4 Å². The van der Waals surface area contributed by atoms with Crippen LogP contribution in [0.3, 0.4) is 0 Å². The fraction of sp³-hybridized carbons (Fsp3) is 0.211. The lowest BCUT2D eigenvalue weighted by molar-refractivity contribution is -0.384. The number of nitrogens with zero attached hydrogens (tertiary/aromatic N) is 3. The van der Waals surface area contributed by atoms with Crippen molar-refractivity contribution in [3.8, 4) is 6.07 Å². The largest absolute Gasteiger partial charge is 0.337 e. The number of hydrogen-bond donors (Lipinski definition) is 1. The van der Waals surface area contributed by atoms with Crippen LogP contribution in [0.25, 0.3) is 6.08 Å². The molecule has 2 aromatic rings. The fourth-order valence-electron chi connectivity index (χ4n) is 2.95. The highest BCUT2D eigenvalue weighted by atomic mass is 32.1. The van der Waals surface area contributed by atoms with Crippen LogP contribution in [0.2, 0.25) is 0 Å². The molecule has 28 heavy (non-hydrogen) atoms. The van der Waals surface area contributed by atoms with E-state index in [9.17, 15) is 25.0 Å². The molecule has 2 heterocycles. The van der Waals surface area contributed by atoms with Gasteiger partial charge in [-0.3, -0.25) is 19.7 Å². The summed E-state index contributed by atoms with van der Waals surface area (Å²) < 4.78 is 0. The molecule has 1 aromatic carbocycles. The van der Waals surface area contributed by atoms with Gasteiger partial charge < -0.3 is 10.2 Å². The highest BCUT2D eigenvalue weighted by Gasteiger charge is 2.26. The number of nitriles is 1. The molecule has 0 aliphatic carbocycles. The van der Waals surface area contributed by atoms with Crippen LogP contribution in [0.1, 0.15) is 28.5 Å². The Kier molecular flexibility index (Phi) is 5.52. The SMILES string of the molecule is CC(=O)N1CCc2c(sc(NC(=O)/C=C/c3cccc([N+](=O)[O-])c3)c2C#N)C1. The first-order chi connectivity index (χ1) is 13.4. The Balaban J connectivity index is 1.76. The summed E-state index contributed by atoms with van der Waals surface area (Å²) in [5.41, 5.74) is 1.77. The van der Waals surface area contributed by atoms with E-state index in [2.05, 4.69) is 11.4 Å². The number of rotatable bonds is 4. The summed E-state index contributed by atoms with van der Waals surface area (Å²) in [6.45, 7) is 2.49. The first-order valence-electron chi connectivity index (χ1n) is 8.42. The molecule has 0 unspecified atom stereocenters. The molecule has 0 saturated heterocycles. The van der Waals surface area contributed by atoms with Gasteiger partial charge in [-0.1, -0.05) is 12.1 Å². The van der Waals surface area contributed by atoms with Gasteiger partial charge in [0.15, 0.2) is 0 Å². The normalized spacial score (nSPS) is 13.1. The van der Waals surface area contributed by atoms with E-state index >= 15 is 0 Å². The van der Waals surface area contributed by atoms with Gasteiger partial charge in [0.25, 0.3) is 5.69 Å². The van der Waals surface area contributed by atoms with Gasteiger partial charge >= 0.3 is 0 Å². The van der Waals surface area contributed by atoms with Gasteiger partial charge in [-0.15, -0.1) is 11.3 Å². The number of thiophene rings is 1. The molecule has 0 fully saturated rings. The number of nitro groups is 1. The maximum absolute atomic E-state index is 12.3. The van der Waals surface area contributed by atoms with E-state index < -0.39 is 10.8 Å². The molecule has 9 heteroatoms. The van der Waals surface area contributed by atoms with Crippen LogP contribution in [-0.2, 0) is 22.6 Å². The zero-order chi connectivity index (χ0) is 20.3. The predicted octanol–water partition coefficient (Wildman–Crippen LogP) is 3.08. The second-order valence-corrected chi connectivity index (χ2v) is 7.29. The maximum Gasteiger partial charge on any atom is 0.270 e. The van der Waals surface area contributed by atoms with E-state index in [4.69, 9.17) is 0 Å². The van der Waals surface area contributed by atoms with Crippen LogP contribution in [0.5, 0.6) is 0 Å². The van der Waals surface area contributed by atoms with Gasteiger partial charge in [0, 0.05) is 36.6 Å². The summed E-state index contributed by atoms with van der Waals surface area (Å²) in [5.74, 6) is -0.465. The molecular weight excluding hydrogens is 380 g/mol. The third kappa shape index (κ3) is 4.07. The minimum Gasteiger partial charge on any atom is -0.337 e. The topological polar surface area (TPSA) is 116 Å². The molecule has 0 bridgehead atoms. The average Bonchev–Trinajstić information content (AvgIpc) is 3.02. The van der Waals surface area contributed by atoms with E-state index in [0.29, 0.717) is 35.6 Å². The van der Waals surface area contributed by atoms with Crippen LogP contribution in [0.4, 0.5) is 10.7 Å². The van der Waals surface area contributed by atoms with Crippen molar-refractivity contribution in [1.29, 1.82) is 5.26 Å². The van der Waals surface area contributed by atoms with Gasteiger partial charge in [0.05, 0.1) is 17.0 Å². The van der Waals surface area contributed by atoms with Gasteiger partial charge in [-0.25, -0.2) is 0 Å². The molecule has 1 aromatic heterocycles. The van der Waals surface area contributed by atoms with Crippen LogP contribution >= 0.6 is 11.3 Å². The third-order valence-electron chi connectivity index (χ3n) is 4.36. The number of nitro benzene ring substituents is 1. The molecule has 0 atom stereocenters. The number of fused-ring (bicyclic) bond motifs is 1. The van der Waals surface area contributed by atoms with Crippen molar-refractivity contribution in [2.75, 3.05) is 11.9 Å². The van der Waals surface area contributed by atoms with Crippen LogP contribution in [-0.4, -0.2) is 28.2 Å². The summed E-state index contributed by atoms with van der Waals surface area (Å²) in [5, 5.41) is 23.5. The molecule has 142 valence electrons. The van der Waals surface area contributed by atoms with E-state index in [1.54, 1.807) is 11.0 Å². The number of non-ortho nitro benzene ring substituents is 1. The summed E-state index contributed by atoms with van der Waals surface area (Å²) >= 11 is 1.29. The highest BCUT2D eigenvalue weighted by molar-refractivity contribution is 7.16. The molecule has 8 nitrogen and oxygen atoms in total. The maximum atomic E-state index is 12.3. The lowest BCUT2D eigenvalue weighted by Crippen LogP contribution is -2.33. The summed E-state index contributed by atoms with van der Waals surface area (Å²) in [6.07, 6.45) is 3.31. The molecule has 0 spiro atoms. The number of nitrogens with one attached hydrogen (secondary N) is 1. The predicted molar refractivity (Wildman–Crippen MR) is 105 cm³/mol. The van der Waals surface area contributed by atoms with Crippen LogP contribution < -0.4 is 5.32 Å². The first-order valence-corrected chi connectivity index (χ1v) is 9.24. The lowest BCUT2D eigenvalue weighted by atomic mass is 10.0. The molecular formula is C19H16N4O4S.